The van der Waals surface area contributed by atoms with Gasteiger partial charge in [0.05, 0.1) is 39.3 Å². The highest BCUT2D eigenvalue weighted by atomic mass is 35.5. The number of nitrogens with one attached hydrogen (secondary N) is 2. The summed E-state index contributed by atoms with van der Waals surface area (Å²) in [6, 6.07) is 11.4. The number of hydrogen-bond donors (Lipinski definition) is 2. The number of amides is 1. The number of hydrogen-bond acceptors (Lipinski definition) is 9. The van der Waals surface area contributed by atoms with Crippen LogP contribution < -0.4 is 14.8 Å². The molecule has 0 radical (unpaired) electrons. The molecule has 1 aliphatic heterocycles. The van der Waals surface area contributed by atoms with Gasteiger partial charge in [-0.05, 0) is 60.8 Å². The van der Waals surface area contributed by atoms with Crippen LogP contribution in [-0.2, 0) is 6.54 Å². The molecule has 8 bridgehead atoms. The topological polar surface area (TPSA) is 89.0 Å². The molecule has 0 spiro atoms. The second kappa shape index (κ2) is 9.36. The van der Waals surface area contributed by atoms with Crippen molar-refractivity contribution in [3.63, 3.8) is 0 Å². The number of aromatic nitrogens is 3. The number of thiophene rings is 2. The van der Waals surface area contributed by atoms with Crippen LogP contribution in [0.4, 0.5) is 5.69 Å². The molecule has 180 valence electrons. The van der Waals surface area contributed by atoms with E-state index in [2.05, 4.69) is 31.9 Å². The van der Waals surface area contributed by atoms with Crippen LogP contribution in [0.1, 0.15) is 20.8 Å². The molecular weight excluding hydrogens is 534 g/mol. The maximum atomic E-state index is 13.0. The summed E-state index contributed by atoms with van der Waals surface area (Å²) in [7, 11) is 1.59. The van der Waals surface area contributed by atoms with E-state index in [1.165, 1.54) is 11.9 Å². The first-order chi connectivity index (χ1) is 17.5. The molecule has 0 fully saturated rings. The van der Waals surface area contributed by atoms with Gasteiger partial charge in [-0.2, -0.15) is 0 Å². The lowest BCUT2D eigenvalue weighted by molar-refractivity contribution is 0.0951. The first kappa shape index (κ1) is 23.2. The van der Waals surface area contributed by atoms with Gasteiger partial charge in [0.1, 0.15) is 17.7 Å². The molecule has 11 heteroatoms. The molecule has 1 aromatic carbocycles. The van der Waals surface area contributed by atoms with Crippen molar-refractivity contribution in [1.29, 1.82) is 0 Å². The van der Waals surface area contributed by atoms with Gasteiger partial charge in [0.15, 0.2) is 0 Å². The van der Waals surface area contributed by atoms with E-state index < -0.39 is 0 Å². The van der Waals surface area contributed by atoms with Gasteiger partial charge in [-0.1, -0.05) is 11.6 Å². The maximum absolute atomic E-state index is 13.0. The van der Waals surface area contributed by atoms with Gasteiger partial charge in [0.2, 0.25) is 5.88 Å². The minimum atomic E-state index is -0.234. The number of anilines is 1. The Balaban J connectivity index is 1.54. The Morgan fingerprint density at radius 3 is 2.83 bits per heavy atom. The van der Waals surface area contributed by atoms with Crippen LogP contribution in [0, 0.1) is 6.92 Å². The van der Waals surface area contributed by atoms with E-state index in [0.717, 1.165) is 46.6 Å². The van der Waals surface area contributed by atoms with Crippen molar-refractivity contribution in [3.05, 3.63) is 69.9 Å². The second-order valence-electron chi connectivity index (χ2n) is 8.03. The quantitative estimate of drug-likeness (QED) is 0.221. The van der Waals surface area contributed by atoms with Crippen LogP contribution in [0.3, 0.4) is 0 Å². The minimum Gasteiger partial charge on any atom is -0.480 e. The van der Waals surface area contributed by atoms with E-state index >= 15 is 0 Å². The van der Waals surface area contributed by atoms with Crippen LogP contribution in [0.5, 0.6) is 5.88 Å². The second-order valence-corrected chi connectivity index (χ2v) is 11.5. The molecule has 4 aromatic heterocycles. The van der Waals surface area contributed by atoms with E-state index in [1.54, 1.807) is 48.2 Å². The van der Waals surface area contributed by atoms with Gasteiger partial charge in [0, 0.05) is 26.4 Å². The monoisotopic (exact) mass is 551 g/mol. The minimum absolute atomic E-state index is 0.234. The number of nitrogens with zero attached hydrogens (tertiary/aromatic N) is 3. The summed E-state index contributed by atoms with van der Waals surface area (Å²) in [6.45, 7) is 2.47. The molecule has 6 rings (SSSR count). The Morgan fingerprint density at radius 2 is 1.97 bits per heavy atom. The molecule has 36 heavy (non-hydrogen) atoms. The van der Waals surface area contributed by atoms with Crippen molar-refractivity contribution in [2.45, 2.75) is 18.4 Å². The molecule has 0 atom stereocenters. The largest absolute Gasteiger partial charge is 0.480 e. The highest BCUT2D eigenvalue weighted by Crippen LogP contribution is 2.43. The molecule has 2 N–H and O–H groups in total. The third kappa shape index (κ3) is 4.09. The third-order valence-corrected chi connectivity index (χ3v) is 9.36. The number of fused-ring (bicyclic) bond motifs is 9. The highest BCUT2D eigenvalue weighted by molar-refractivity contribution is 8.00. The average molecular weight is 552 g/mol. The normalized spacial score (nSPS) is 13.1. The molecular formula is C25H18ClN5O2S3. The SMILES string of the molecule is COc1ncc2cc1NSc1ccc(Cl)c(c1)C(=O)NCc1ccc(s1)-c1ncnc3c(C)c-2sc13. The van der Waals surface area contributed by atoms with Crippen LogP contribution >= 0.6 is 46.2 Å². The van der Waals surface area contributed by atoms with Crippen molar-refractivity contribution in [1.82, 2.24) is 20.3 Å². The molecule has 0 unspecified atom stereocenters. The summed E-state index contributed by atoms with van der Waals surface area (Å²) in [4.78, 5) is 30.6. The Kier molecular flexibility index (Phi) is 6.04. The zero-order valence-corrected chi connectivity index (χ0v) is 22.3. The zero-order valence-electron chi connectivity index (χ0n) is 19.1. The number of carbonyl (C=O) groups excluding carboxylic acids is 1. The van der Waals surface area contributed by atoms with Crippen molar-refractivity contribution in [2.75, 3.05) is 11.8 Å². The molecule has 0 saturated heterocycles. The average Bonchev–Trinajstić information content (AvgIpc) is 3.51. The first-order valence-electron chi connectivity index (χ1n) is 10.9. The van der Waals surface area contributed by atoms with Gasteiger partial charge >= 0.3 is 0 Å². The fourth-order valence-corrected chi connectivity index (χ4v) is 7.16. The molecule has 7 nitrogen and oxygen atoms in total. The molecule has 0 saturated carbocycles. The van der Waals surface area contributed by atoms with Crippen molar-refractivity contribution in [2.24, 2.45) is 0 Å². The Hall–Kier alpha value is -3.18. The molecule has 1 aliphatic rings. The van der Waals surface area contributed by atoms with E-state index in [1.807, 2.05) is 30.5 Å². The van der Waals surface area contributed by atoms with E-state index in [9.17, 15) is 4.79 Å². The Labute approximate surface area is 224 Å². The maximum Gasteiger partial charge on any atom is 0.253 e. The molecule has 5 aromatic rings. The standard InChI is InChI=1S/C25H18ClN5O2S3/c1-12-20-23-21(30-11-29-20)19-6-4-15(34-19)10-27-24(32)16-8-14(3-5-17(16)26)36-31-18-7-13(22(12)35-23)9-28-25(18)33-2/h3-9,11,31H,10H2,1-2H3,(H,27,32). The van der Waals surface area contributed by atoms with Gasteiger partial charge in [-0.3, -0.25) is 4.79 Å². The number of rotatable bonds is 1. The van der Waals surface area contributed by atoms with Crippen molar-refractivity contribution in [3.8, 4) is 26.9 Å². The van der Waals surface area contributed by atoms with Gasteiger partial charge in [-0.25, -0.2) is 15.0 Å². The lowest BCUT2D eigenvalue weighted by Crippen LogP contribution is -2.22. The van der Waals surface area contributed by atoms with Gasteiger partial charge < -0.3 is 14.8 Å². The number of methoxy groups -OCH3 is 1. The molecule has 5 heterocycles. The Morgan fingerprint density at radius 1 is 1.08 bits per heavy atom. The van der Waals surface area contributed by atoms with E-state index in [4.69, 9.17) is 16.3 Å². The summed E-state index contributed by atoms with van der Waals surface area (Å²) in [5.74, 6) is 0.237. The van der Waals surface area contributed by atoms with Crippen LogP contribution in [0.2, 0.25) is 5.02 Å². The predicted octanol–water partition coefficient (Wildman–Crippen LogP) is 6.81. The zero-order chi connectivity index (χ0) is 24.8. The fraction of sp³-hybridized carbons (Fsp3) is 0.120. The van der Waals surface area contributed by atoms with Crippen LogP contribution in [0.25, 0.3) is 31.2 Å². The number of benzene rings is 1. The number of pyridine rings is 1. The summed E-state index contributed by atoms with van der Waals surface area (Å²) in [5.41, 5.74) is 4.97. The number of ether oxygens (including phenoxy) is 1. The van der Waals surface area contributed by atoms with Crippen LogP contribution in [0.15, 0.2) is 53.8 Å². The number of halogens is 1. The van der Waals surface area contributed by atoms with Crippen LogP contribution in [-0.4, -0.2) is 28.0 Å². The summed E-state index contributed by atoms with van der Waals surface area (Å²) in [6.07, 6.45) is 3.42. The fourth-order valence-electron chi connectivity index (χ4n) is 4.01. The summed E-state index contributed by atoms with van der Waals surface area (Å²) >= 11 is 11.0. The molecule has 1 amide bonds. The predicted molar refractivity (Wildman–Crippen MR) is 147 cm³/mol. The highest BCUT2D eigenvalue weighted by Gasteiger charge is 2.20. The van der Waals surface area contributed by atoms with Crippen molar-refractivity contribution >= 4 is 68.0 Å². The van der Waals surface area contributed by atoms with E-state index in [0.29, 0.717) is 28.7 Å². The lowest BCUT2D eigenvalue weighted by Gasteiger charge is -2.12. The number of aryl methyl sites for hydroxylation is 1. The van der Waals surface area contributed by atoms with Crippen molar-refractivity contribution < 1.29 is 9.53 Å². The van der Waals surface area contributed by atoms with Gasteiger partial charge in [-0.15, -0.1) is 22.7 Å². The third-order valence-electron chi connectivity index (χ3n) is 5.79. The smallest absolute Gasteiger partial charge is 0.253 e. The van der Waals surface area contributed by atoms with E-state index in [-0.39, 0.29) is 5.91 Å². The summed E-state index contributed by atoms with van der Waals surface area (Å²) < 4.78 is 9.84. The first-order valence-corrected chi connectivity index (χ1v) is 13.7. The summed E-state index contributed by atoms with van der Waals surface area (Å²) in [5, 5.41) is 3.38. The van der Waals surface area contributed by atoms with Gasteiger partial charge in [0.25, 0.3) is 5.91 Å². The Bertz CT molecular complexity index is 1650. The lowest BCUT2D eigenvalue weighted by atomic mass is 10.1. The molecule has 0 aliphatic carbocycles. The number of carbonyl (C=O) groups is 1.